The molecule has 0 fully saturated rings. The second-order valence-corrected chi connectivity index (χ2v) is 8.81. The highest BCUT2D eigenvalue weighted by Crippen LogP contribution is 2.59. The number of hydrogen-bond donors (Lipinski definition) is 3. The summed E-state index contributed by atoms with van der Waals surface area (Å²) in [6, 6.07) is 10.4. The van der Waals surface area contributed by atoms with E-state index in [-0.39, 0.29) is 13.2 Å². The summed E-state index contributed by atoms with van der Waals surface area (Å²) in [5, 5.41) is 28.0. The van der Waals surface area contributed by atoms with Crippen LogP contribution in [0.15, 0.2) is 36.4 Å². The molecule has 0 amide bonds. The molecule has 0 saturated heterocycles. The maximum absolute atomic E-state index is 15.1. The van der Waals surface area contributed by atoms with E-state index in [2.05, 4.69) is 0 Å². The van der Waals surface area contributed by atoms with Crippen LogP contribution in [0, 0.1) is 0 Å². The van der Waals surface area contributed by atoms with E-state index in [1.165, 1.54) is 0 Å². The predicted octanol–water partition coefficient (Wildman–Crippen LogP) is 2.92. The zero-order chi connectivity index (χ0) is 18.9. The van der Waals surface area contributed by atoms with Gasteiger partial charge >= 0.3 is 0 Å². The predicted molar refractivity (Wildman–Crippen MR) is 106 cm³/mol. The number of hydrogen-bond acceptors (Lipinski definition) is 4. The largest absolute Gasteiger partial charge is 0.494 e. The first-order valence-electron chi connectivity index (χ1n) is 8.45. The summed E-state index contributed by atoms with van der Waals surface area (Å²) in [7, 11) is 4.09. The van der Waals surface area contributed by atoms with Crippen molar-refractivity contribution in [1.29, 1.82) is 0 Å². The second kappa shape index (κ2) is 7.50. The van der Waals surface area contributed by atoms with Crippen LogP contribution in [0.5, 0.6) is 5.75 Å². The third-order valence-electron chi connectivity index (χ3n) is 4.72. The summed E-state index contributed by atoms with van der Waals surface area (Å²) in [5.74, 6) is 0.455. The van der Waals surface area contributed by atoms with Crippen LogP contribution in [0.2, 0.25) is 0 Å². The van der Waals surface area contributed by atoms with Crippen molar-refractivity contribution in [2.75, 3.05) is 13.2 Å². The van der Waals surface area contributed by atoms with Crippen LogP contribution in [0.4, 0.5) is 4.39 Å². The summed E-state index contributed by atoms with van der Waals surface area (Å²) in [6.07, 6.45) is 1.30. The Morgan fingerprint density at radius 2 is 1.81 bits per heavy atom. The van der Waals surface area contributed by atoms with Crippen LogP contribution >= 0.6 is 18.5 Å². The fourth-order valence-corrected chi connectivity index (χ4v) is 4.08. The molecule has 140 valence electrons. The van der Waals surface area contributed by atoms with E-state index >= 15 is 4.39 Å². The Bertz CT molecular complexity index is 807. The van der Waals surface area contributed by atoms with Gasteiger partial charge in [0.1, 0.15) is 5.75 Å². The molecule has 3 N–H and O–H groups in total. The average molecular weight is 396 g/mol. The van der Waals surface area contributed by atoms with Gasteiger partial charge in [0.15, 0.2) is 10.8 Å². The molecule has 0 aliphatic heterocycles. The number of unbranched alkanes of at least 4 members (excludes halogenated alkanes) is 1. The monoisotopic (exact) mass is 396 g/mol. The van der Waals surface area contributed by atoms with E-state index in [1.807, 2.05) is 30.6 Å². The van der Waals surface area contributed by atoms with Gasteiger partial charge < -0.3 is 20.1 Å². The molecule has 0 saturated carbocycles. The minimum absolute atomic E-state index is 0.0922. The van der Waals surface area contributed by atoms with E-state index in [0.29, 0.717) is 53.0 Å². The normalized spacial score (nSPS) is 18.5. The van der Waals surface area contributed by atoms with Gasteiger partial charge in [-0.25, -0.2) is 4.39 Å². The molecule has 1 aliphatic carbocycles. The number of fused-ring (bicyclic) bond motifs is 3. The second-order valence-electron chi connectivity index (χ2n) is 6.47. The van der Waals surface area contributed by atoms with Crippen molar-refractivity contribution in [2.24, 2.45) is 0 Å². The highest BCUT2D eigenvalue weighted by molar-refractivity contribution is 7.39. The van der Waals surface area contributed by atoms with Crippen molar-refractivity contribution in [3.05, 3.63) is 53.1 Å². The number of aliphatic hydroxyl groups is 3. The first-order valence-corrected chi connectivity index (χ1v) is 9.61. The number of aliphatic hydroxyl groups excluding tert-OH is 2. The van der Waals surface area contributed by atoms with Crippen LogP contribution in [0.3, 0.4) is 0 Å². The third-order valence-corrected chi connectivity index (χ3v) is 5.55. The number of rotatable bonds is 7. The Morgan fingerprint density at radius 3 is 2.46 bits per heavy atom. The summed E-state index contributed by atoms with van der Waals surface area (Å²) >= 11 is 0. The van der Waals surface area contributed by atoms with Gasteiger partial charge in [0, 0.05) is 12.2 Å². The lowest BCUT2D eigenvalue weighted by atomic mass is 9.91. The molecule has 3 atom stereocenters. The van der Waals surface area contributed by atoms with E-state index in [4.69, 9.17) is 9.84 Å². The standard InChI is InChI=1S/C19H23FO4P2/c20-19(25,26)18(23)15-6-2-1-5-14(15)17-12(11-22)9-13(10-16(17)18)24-8-4-3-7-21/h1-2,5-6,9-10,21-23H,3-4,7-8,11,25-26H2. The molecule has 0 aromatic heterocycles. The Kier molecular flexibility index (Phi) is 5.67. The summed E-state index contributed by atoms with van der Waals surface area (Å²) < 4.78 is 20.8. The molecule has 0 spiro atoms. The Labute approximate surface area is 156 Å². The van der Waals surface area contributed by atoms with E-state index in [0.717, 1.165) is 0 Å². The minimum Gasteiger partial charge on any atom is -0.494 e. The quantitative estimate of drug-likeness (QED) is 0.497. The zero-order valence-corrected chi connectivity index (χ0v) is 16.6. The van der Waals surface area contributed by atoms with Crippen LogP contribution < -0.4 is 4.74 Å². The van der Waals surface area contributed by atoms with Crippen LogP contribution in [-0.2, 0) is 12.2 Å². The maximum Gasteiger partial charge on any atom is 0.172 e. The maximum atomic E-state index is 15.1. The molecule has 2 aromatic rings. The van der Waals surface area contributed by atoms with Gasteiger partial charge in [0.25, 0.3) is 0 Å². The molecular weight excluding hydrogens is 373 g/mol. The van der Waals surface area contributed by atoms with Crippen molar-refractivity contribution in [3.8, 4) is 16.9 Å². The fourth-order valence-electron chi connectivity index (χ4n) is 3.46. The molecule has 26 heavy (non-hydrogen) atoms. The highest BCUT2D eigenvalue weighted by atomic mass is 31.1. The fraction of sp³-hybridized carbons (Fsp3) is 0.368. The lowest BCUT2D eigenvalue weighted by Crippen LogP contribution is -2.39. The molecule has 3 rings (SSSR count). The van der Waals surface area contributed by atoms with Gasteiger partial charge in [-0.3, -0.25) is 0 Å². The van der Waals surface area contributed by atoms with E-state index < -0.39 is 10.8 Å². The molecule has 0 heterocycles. The van der Waals surface area contributed by atoms with Gasteiger partial charge in [-0.2, -0.15) is 0 Å². The lowest BCUT2D eigenvalue weighted by molar-refractivity contribution is 0.0226. The van der Waals surface area contributed by atoms with Crippen LogP contribution in [-0.4, -0.2) is 33.7 Å². The molecule has 3 unspecified atom stereocenters. The SMILES string of the molecule is OCCCCOc1cc(CO)c2c(c1)C(O)(C(F)(P)P)c1ccccc1-2. The van der Waals surface area contributed by atoms with Gasteiger partial charge in [-0.1, -0.05) is 42.7 Å². The van der Waals surface area contributed by atoms with Crippen molar-refractivity contribution in [2.45, 2.75) is 30.2 Å². The topological polar surface area (TPSA) is 69.9 Å². The number of alkyl halides is 1. The van der Waals surface area contributed by atoms with Crippen molar-refractivity contribution < 1.29 is 24.4 Å². The van der Waals surface area contributed by atoms with Crippen molar-refractivity contribution >= 4 is 18.5 Å². The Morgan fingerprint density at radius 1 is 1.08 bits per heavy atom. The zero-order valence-electron chi connectivity index (χ0n) is 14.3. The molecule has 4 nitrogen and oxygen atoms in total. The molecule has 1 aliphatic rings. The van der Waals surface area contributed by atoms with Gasteiger partial charge in [0.2, 0.25) is 0 Å². The van der Waals surface area contributed by atoms with Gasteiger partial charge in [-0.05, 0) is 47.2 Å². The number of halogens is 1. The van der Waals surface area contributed by atoms with Crippen LogP contribution in [0.25, 0.3) is 11.1 Å². The first kappa shape index (κ1) is 19.7. The Hall–Kier alpha value is -1.09. The lowest BCUT2D eigenvalue weighted by Gasteiger charge is -2.35. The first-order chi connectivity index (χ1) is 12.3. The van der Waals surface area contributed by atoms with Crippen molar-refractivity contribution in [3.63, 3.8) is 0 Å². The van der Waals surface area contributed by atoms with Crippen LogP contribution in [0.1, 0.15) is 29.5 Å². The van der Waals surface area contributed by atoms with Gasteiger partial charge in [0.05, 0.1) is 13.2 Å². The molecule has 2 aromatic carbocycles. The molecule has 7 heteroatoms. The van der Waals surface area contributed by atoms with E-state index in [1.54, 1.807) is 24.3 Å². The summed E-state index contributed by atoms with van der Waals surface area (Å²) in [5.41, 5.74) is 0.836. The van der Waals surface area contributed by atoms with Gasteiger partial charge in [-0.15, -0.1) is 0 Å². The molecule has 0 radical (unpaired) electrons. The Balaban J connectivity index is 2.14. The summed E-state index contributed by atoms with van der Waals surface area (Å²) in [4.78, 5) is 0. The van der Waals surface area contributed by atoms with E-state index in [9.17, 15) is 10.2 Å². The molecule has 0 bridgehead atoms. The summed E-state index contributed by atoms with van der Waals surface area (Å²) in [6.45, 7) is 0.223. The smallest absolute Gasteiger partial charge is 0.172 e. The minimum atomic E-state index is -2.10. The van der Waals surface area contributed by atoms with Crippen molar-refractivity contribution in [1.82, 2.24) is 0 Å². The average Bonchev–Trinajstić information content (AvgIpc) is 2.89. The molecular formula is C19H23FO4P2. The number of ether oxygens (including phenoxy) is 1. The third kappa shape index (κ3) is 3.17. The highest BCUT2D eigenvalue weighted by Gasteiger charge is 2.54. The number of benzene rings is 2.